The average molecular weight is 550 g/mol. The standard InChI is InChI=1S/C28H27N3O7S/c29-39(34,35)23-8-6-21(7-9-23)26-25(20-4-2-1-3-5-20)31-27(38-26)24(32)18-37-17-19-14-22(16-30-15-19)28(33)10-12-36-13-11-28/h1-9,14-16,33H,10-13,17-18H2,(H2,29,34,35). The van der Waals surface area contributed by atoms with Crippen LogP contribution in [0.4, 0.5) is 0 Å². The van der Waals surface area contributed by atoms with E-state index in [0.717, 1.165) is 5.56 Å². The molecule has 0 unspecified atom stereocenters. The molecule has 3 N–H and O–H groups in total. The molecular weight excluding hydrogens is 522 g/mol. The molecule has 0 saturated carbocycles. The zero-order valence-corrected chi connectivity index (χ0v) is 21.8. The molecule has 202 valence electrons. The molecule has 0 atom stereocenters. The third-order valence-corrected chi connectivity index (χ3v) is 7.44. The molecule has 10 nitrogen and oxygen atoms in total. The summed E-state index contributed by atoms with van der Waals surface area (Å²) in [5.41, 5.74) is 2.10. The fourth-order valence-corrected chi connectivity index (χ4v) is 4.88. The molecule has 3 heterocycles. The highest BCUT2D eigenvalue weighted by Gasteiger charge is 2.32. The number of carbonyl (C=O) groups is 1. The molecule has 1 saturated heterocycles. The first-order valence-electron chi connectivity index (χ1n) is 12.3. The van der Waals surface area contributed by atoms with Crippen LogP contribution in [0, 0.1) is 0 Å². The number of primary sulfonamides is 1. The molecule has 5 rings (SSSR count). The molecule has 4 aromatic rings. The van der Waals surface area contributed by atoms with Crippen molar-refractivity contribution in [3.8, 4) is 22.6 Å². The summed E-state index contributed by atoms with van der Waals surface area (Å²) >= 11 is 0. The first-order valence-corrected chi connectivity index (χ1v) is 13.8. The molecule has 0 bridgehead atoms. The topological polar surface area (TPSA) is 155 Å². The van der Waals surface area contributed by atoms with Crippen LogP contribution in [0.1, 0.15) is 34.7 Å². The number of sulfonamides is 1. The third kappa shape index (κ3) is 6.13. The number of aromatic nitrogens is 2. The maximum Gasteiger partial charge on any atom is 0.266 e. The second-order valence-electron chi connectivity index (χ2n) is 9.27. The van der Waals surface area contributed by atoms with Crippen molar-refractivity contribution in [3.05, 3.63) is 90.1 Å². The molecule has 2 aromatic heterocycles. The van der Waals surface area contributed by atoms with Crippen LogP contribution in [0.2, 0.25) is 0 Å². The lowest BCUT2D eigenvalue weighted by Crippen LogP contribution is -2.33. The van der Waals surface area contributed by atoms with Crippen molar-refractivity contribution >= 4 is 15.8 Å². The molecule has 1 aliphatic heterocycles. The van der Waals surface area contributed by atoms with Crippen molar-refractivity contribution in [2.75, 3.05) is 19.8 Å². The average Bonchev–Trinajstić information content (AvgIpc) is 3.40. The number of rotatable bonds is 9. The van der Waals surface area contributed by atoms with Crippen LogP contribution in [0.5, 0.6) is 0 Å². The molecule has 0 amide bonds. The maximum absolute atomic E-state index is 13.0. The highest BCUT2D eigenvalue weighted by molar-refractivity contribution is 7.89. The van der Waals surface area contributed by atoms with Crippen molar-refractivity contribution in [2.24, 2.45) is 5.14 Å². The van der Waals surface area contributed by atoms with E-state index in [2.05, 4.69) is 9.97 Å². The van der Waals surface area contributed by atoms with Gasteiger partial charge in [-0.1, -0.05) is 30.3 Å². The molecule has 11 heteroatoms. The zero-order chi connectivity index (χ0) is 27.5. The Labute approximate surface area is 225 Å². The minimum absolute atomic E-state index is 0.0424. The van der Waals surface area contributed by atoms with Crippen molar-refractivity contribution in [2.45, 2.75) is 29.9 Å². The smallest absolute Gasteiger partial charge is 0.266 e. The number of nitrogens with two attached hydrogens (primary N) is 1. The number of aliphatic hydroxyl groups is 1. The Morgan fingerprint density at radius 1 is 1.03 bits per heavy atom. The lowest BCUT2D eigenvalue weighted by molar-refractivity contribution is -0.0682. The van der Waals surface area contributed by atoms with Gasteiger partial charge in [0.1, 0.15) is 12.3 Å². The minimum Gasteiger partial charge on any atom is -0.433 e. The van der Waals surface area contributed by atoms with Crippen LogP contribution in [0.15, 0.2) is 82.4 Å². The van der Waals surface area contributed by atoms with Gasteiger partial charge < -0.3 is 19.0 Å². The van der Waals surface area contributed by atoms with Crippen LogP contribution in [-0.2, 0) is 31.7 Å². The second kappa shape index (κ2) is 11.2. The summed E-state index contributed by atoms with van der Waals surface area (Å²) in [7, 11) is -3.86. The number of benzene rings is 2. The number of ether oxygens (including phenoxy) is 2. The third-order valence-electron chi connectivity index (χ3n) is 6.51. The quantitative estimate of drug-likeness (QED) is 0.299. The van der Waals surface area contributed by atoms with Gasteiger partial charge in [0, 0.05) is 55.1 Å². The lowest BCUT2D eigenvalue weighted by atomic mass is 9.87. The van der Waals surface area contributed by atoms with Gasteiger partial charge in [-0.25, -0.2) is 18.5 Å². The Morgan fingerprint density at radius 3 is 2.44 bits per heavy atom. The number of hydrogen-bond donors (Lipinski definition) is 2. The van der Waals surface area contributed by atoms with Gasteiger partial charge in [-0.3, -0.25) is 9.78 Å². The summed E-state index contributed by atoms with van der Waals surface area (Å²) in [6.45, 7) is 0.768. The summed E-state index contributed by atoms with van der Waals surface area (Å²) in [4.78, 5) is 21.6. The molecule has 39 heavy (non-hydrogen) atoms. The predicted molar refractivity (Wildman–Crippen MR) is 141 cm³/mol. The van der Waals surface area contributed by atoms with E-state index in [4.69, 9.17) is 19.0 Å². The van der Waals surface area contributed by atoms with E-state index in [0.29, 0.717) is 54.2 Å². The van der Waals surface area contributed by atoms with E-state index in [1.54, 1.807) is 24.5 Å². The molecule has 1 aliphatic rings. The Morgan fingerprint density at radius 2 is 1.74 bits per heavy atom. The summed E-state index contributed by atoms with van der Waals surface area (Å²) in [5, 5.41) is 16.1. The predicted octanol–water partition coefficient (Wildman–Crippen LogP) is 3.45. The van der Waals surface area contributed by atoms with E-state index >= 15 is 0 Å². The number of ketones is 1. The molecule has 0 aliphatic carbocycles. The van der Waals surface area contributed by atoms with Gasteiger partial charge >= 0.3 is 0 Å². The van der Waals surface area contributed by atoms with Crippen LogP contribution in [-0.4, -0.2) is 49.1 Å². The summed E-state index contributed by atoms with van der Waals surface area (Å²) in [5.74, 6) is -0.290. The Hall–Kier alpha value is -3.74. The monoisotopic (exact) mass is 549 g/mol. The number of oxazole rings is 1. The Kier molecular flexibility index (Phi) is 7.69. The lowest BCUT2D eigenvalue weighted by Gasteiger charge is -2.32. The van der Waals surface area contributed by atoms with Crippen LogP contribution < -0.4 is 5.14 Å². The van der Waals surface area contributed by atoms with E-state index in [1.807, 2.05) is 36.4 Å². The van der Waals surface area contributed by atoms with Crippen LogP contribution in [0.3, 0.4) is 0 Å². The van der Waals surface area contributed by atoms with E-state index in [-0.39, 0.29) is 24.0 Å². The Balaban J connectivity index is 1.33. The van der Waals surface area contributed by atoms with Crippen molar-refractivity contribution in [3.63, 3.8) is 0 Å². The largest absolute Gasteiger partial charge is 0.433 e. The molecular formula is C28H27N3O7S. The number of Topliss-reactive ketones (excluding diaryl/α,β-unsaturated/α-hetero) is 1. The van der Waals surface area contributed by atoms with Crippen LogP contribution in [0.25, 0.3) is 22.6 Å². The normalized spacial score (nSPS) is 15.2. The van der Waals surface area contributed by atoms with Gasteiger partial charge in [0.25, 0.3) is 5.89 Å². The molecule has 0 radical (unpaired) electrons. The number of carbonyl (C=O) groups excluding carboxylic acids is 1. The fraction of sp³-hybridized carbons (Fsp3) is 0.250. The second-order valence-corrected chi connectivity index (χ2v) is 10.8. The van der Waals surface area contributed by atoms with Gasteiger partial charge in [-0.05, 0) is 35.9 Å². The van der Waals surface area contributed by atoms with Crippen LogP contribution >= 0.6 is 0 Å². The van der Waals surface area contributed by atoms with E-state index in [9.17, 15) is 18.3 Å². The van der Waals surface area contributed by atoms with Crippen molar-refractivity contribution in [1.29, 1.82) is 0 Å². The summed E-state index contributed by atoms with van der Waals surface area (Å²) < 4.78 is 40.2. The van der Waals surface area contributed by atoms with Gasteiger partial charge in [0.15, 0.2) is 5.76 Å². The Bertz CT molecular complexity index is 1560. The van der Waals surface area contributed by atoms with Crippen molar-refractivity contribution < 1.29 is 32.2 Å². The SMILES string of the molecule is NS(=O)(=O)c1ccc(-c2oc(C(=O)COCc3cncc(C4(O)CCOCC4)c3)nc2-c2ccccc2)cc1. The first-order chi connectivity index (χ1) is 18.7. The molecule has 0 spiro atoms. The fourth-order valence-electron chi connectivity index (χ4n) is 4.36. The number of hydrogen-bond acceptors (Lipinski definition) is 9. The van der Waals surface area contributed by atoms with E-state index < -0.39 is 21.4 Å². The zero-order valence-electron chi connectivity index (χ0n) is 20.9. The number of nitrogens with zero attached hydrogens (tertiary/aromatic N) is 2. The van der Waals surface area contributed by atoms with Gasteiger partial charge in [-0.15, -0.1) is 0 Å². The number of pyridine rings is 1. The minimum atomic E-state index is -3.86. The van der Waals surface area contributed by atoms with Gasteiger partial charge in [-0.2, -0.15) is 0 Å². The van der Waals surface area contributed by atoms with Gasteiger partial charge in [0.2, 0.25) is 15.8 Å². The maximum atomic E-state index is 13.0. The summed E-state index contributed by atoms with van der Waals surface area (Å²) in [6.07, 6.45) is 4.23. The first kappa shape index (κ1) is 26.9. The summed E-state index contributed by atoms with van der Waals surface area (Å²) in [6, 6.07) is 16.8. The highest BCUT2D eigenvalue weighted by atomic mass is 32.2. The highest BCUT2D eigenvalue weighted by Crippen LogP contribution is 2.34. The van der Waals surface area contributed by atoms with Crippen molar-refractivity contribution in [1.82, 2.24) is 9.97 Å². The van der Waals surface area contributed by atoms with E-state index in [1.165, 1.54) is 12.1 Å². The molecule has 1 fully saturated rings. The molecule has 2 aromatic carbocycles. The van der Waals surface area contributed by atoms with Gasteiger partial charge in [0.05, 0.1) is 17.1 Å².